The standard InChI is InChI=1S/C27H29FN4O4/c1-14(29-26(34)36-27(2,3)4)15-6-7-16-12-22(30-20(16)11-15)24-31-21-13-17(25(33)35-5)10-19(28)23(21)32(24)18-8-9-18/h6-7,10-14,18,30H,8-9H2,1-5H3,(H,29,34)/t14-/m1/s1. The second kappa shape index (κ2) is 8.65. The molecule has 2 aromatic heterocycles. The highest BCUT2D eigenvalue weighted by atomic mass is 19.1. The molecular weight excluding hydrogens is 463 g/mol. The van der Waals surface area contributed by atoms with E-state index in [9.17, 15) is 9.59 Å². The first-order valence-corrected chi connectivity index (χ1v) is 12.0. The Morgan fingerprint density at radius 1 is 1.19 bits per heavy atom. The molecule has 0 saturated heterocycles. The smallest absolute Gasteiger partial charge is 0.408 e. The molecule has 0 bridgehead atoms. The van der Waals surface area contributed by atoms with Gasteiger partial charge in [-0.25, -0.2) is 19.0 Å². The summed E-state index contributed by atoms with van der Waals surface area (Å²) in [5.74, 6) is -0.490. The molecule has 1 amide bonds. The molecule has 0 unspecified atom stereocenters. The lowest BCUT2D eigenvalue weighted by Crippen LogP contribution is -2.34. The Labute approximate surface area is 207 Å². The maximum atomic E-state index is 15.2. The lowest BCUT2D eigenvalue weighted by atomic mass is 10.1. The number of hydrogen-bond donors (Lipinski definition) is 2. The van der Waals surface area contributed by atoms with Crippen LogP contribution in [0.3, 0.4) is 0 Å². The first kappa shape index (κ1) is 23.8. The molecule has 0 spiro atoms. The Kier molecular flexibility index (Phi) is 5.73. The van der Waals surface area contributed by atoms with Crippen LogP contribution in [0.15, 0.2) is 36.4 Å². The van der Waals surface area contributed by atoms with Gasteiger partial charge in [-0.05, 0) is 70.4 Å². The molecule has 8 nitrogen and oxygen atoms in total. The van der Waals surface area contributed by atoms with E-state index < -0.39 is 23.5 Å². The van der Waals surface area contributed by atoms with Crippen LogP contribution in [-0.4, -0.2) is 39.3 Å². The van der Waals surface area contributed by atoms with Gasteiger partial charge in [-0.2, -0.15) is 0 Å². The van der Waals surface area contributed by atoms with E-state index in [1.165, 1.54) is 13.2 Å². The number of methoxy groups -OCH3 is 1. The van der Waals surface area contributed by atoms with Crippen molar-refractivity contribution in [2.24, 2.45) is 0 Å². The SMILES string of the molecule is COC(=O)c1cc(F)c2c(c1)nc(-c1cc3ccc([C@@H](C)NC(=O)OC(C)(C)C)cc3[nH]1)n2C1CC1. The number of H-pyrrole nitrogens is 1. The lowest BCUT2D eigenvalue weighted by Gasteiger charge is -2.22. The van der Waals surface area contributed by atoms with Crippen molar-refractivity contribution in [3.8, 4) is 11.5 Å². The molecule has 2 heterocycles. The molecule has 1 saturated carbocycles. The van der Waals surface area contributed by atoms with Gasteiger partial charge in [0.15, 0.2) is 5.82 Å². The number of aromatic nitrogens is 3. The Bertz CT molecular complexity index is 1490. The second-order valence-corrected chi connectivity index (χ2v) is 10.3. The molecular formula is C27H29FN4O4. The maximum Gasteiger partial charge on any atom is 0.408 e. The van der Waals surface area contributed by atoms with Crippen molar-refractivity contribution in [3.63, 3.8) is 0 Å². The number of nitrogens with one attached hydrogen (secondary N) is 2. The summed E-state index contributed by atoms with van der Waals surface area (Å²) in [4.78, 5) is 32.3. The number of amides is 1. The summed E-state index contributed by atoms with van der Waals surface area (Å²) in [5, 5.41) is 3.82. The van der Waals surface area contributed by atoms with Crippen LogP contribution in [0.2, 0.25) is 0 Å². The Hall–Kier alpha value is -3.88. The number of fused-ring (bicyclic) bond motifs is 2. The second-order valence-electron chi connectivity index (χ2n) is 10.3. The summed E-state index contributed by atoms with van der Waals surface area (Å²) in [6.45, 7) is 7.35. The molecule has 4 aromatic rings. The molecule has 36 heavy (non-hydrogen) atoms. The molecule has 188 valence electrons. The minimum atomic E-state index is -0.606. The number of halogens is 1. The Balaban J connectivity index is 1.51. The number of imidazole rings is 1. The summed E-state index contributed by atoms with van der Waals surface area (Å²) >= 11 is 0. The van der Waals surface area contributed by atoms with Gasteiger partial charge in [0, 0.05) is 16.9 Å². The van der Waals surface area contributed by atoms with E-state index in [4.69, 9.17) is 14.5 Å². The number of esters is 1. The normalized spacial score (nSPS) is 14.7. The molecule has 1 atom stereocenters. The number of hydrogen-bond acceptors (Lipinski definition) is 5. The predicted octanol–water partition coefficient (Wildman–Crippen LogP) is 6.03. The third kappa shape index (κ3) is 4.53. The van der Waals surface area contributed by atoms with Gasteiger partial charge in [-0.15, -0.1) is 0 Å². The zero-order valence-corrected chi connectivity index (χ0v) is 20.9. The number of alkyl carbamates (subject to hydrolysis) is 1. The molecule has 9 heteroatoms. The third-order valence-corrected chi connectivity index (χ3v) is 6.19. The molecule has 1 aliphatic carbocycles. The minimum absolute atomic E-state index is 0.127. The van der Waals surface area contributed by atoms with Gasteiger partial charge in [-0.1, -0.05) is 12.1 Å². The van der Waals surface area contributed by atoms with Crippen molar-refractivity contribution in [1.29, 1.82) is 0 Å². The van der Waals surface area contributed by atoms with Crippen LogP contribution in [0, 0.1) is 5.82 Å². The molecule has 2 aromatic carbocycles. The first-order valence-electron chi connectivity index (χ1n) is 12.0. The number of benzene rings is 2. The summed E-state index contributed by atoms with van der Waals surface area (Å²) in [6, 6.07) is 10.5. The van der Waals surface area contributed by atoms with Crippen LogP contribution in [0.5, 0.6) is 0 Å². The fourth-order valence-electron chi connectivity index (χ4n) is 4.40. The summed E-state index contributed by atoms with van der Waals surface area (Å²) < 4.78 is 27.2. The third-order valence-electron chi connectivity index (χ3n) is 6.19. The number of aromatic amines is 1. The van der Waals surface area contributed by atoms with Crippen LogP contribution in [-0.2, 0) is 9.47 Å². The fraction of sp³-hybridized carbons (Fsp3) is 0.370. The maximum absolute atomic E-state index is 15.2. The van der Waals surface area contributed by atoms with Crippen LogP contribution >= 0.6 is 0 Å². The number of rotatable bonds is 5. The average Bonchev–Trinajstić information content (AvgIpc) is 3.42. The van der Waals surface area contributed by atoms with Gasteiger partial charge in [0.2, 0.25) is 0 Å². The van der Waals surface area contributed by atoms with Crippen molar-refractivity contribution in [2.45, 2.75) is 58.2 Å². The quantitative estimate of drug-likeness (QED) is 0.332. The Morgan fingerprint density at radius 3 is 2.61 bits per heavy atom. The van der Waals surface area contributed by atoms with Crippen LogP contribution in [0.25, 0.3) is 33.5 Å². The highest BCUT2D eigenvalue weighted by molar-refractivity contribution is 5.95. The van der Waals surface area contributed by atoms with Gasteiger partial charge in [-0.3, -0.25) is 0 Å². The van der Waals surface area contributed by atoms with Crippen molar-refractivity contribution in [3.05, 3.63) is 53.3 Å². The fourth-order valence-corrected chi connectivity index (χ4v) is 4.40. The van der Waals surface area contributed by atoms with Gasteiger partial charge in [0.25, 0.3) is 0 Å². The van der Waals surface area contributed by atoms with Crippen LogP contribution < -0.4 is 5.32 Å². The van der Waals surface area contributed by atoms with Crippen LogP contribution in [0.1, 0.15) is 68.5 Å². The predicted molar refractivity (Wildman–Crippen MR) is 134 cm³/mol. The van der Waals surface area contributed by atoms with E-state index in [-0.39, 0.29) is 17.6 Å². The van der Waals surface area contributed by atoms with E-state index in [2.05, 4.69) is 10.3 Å². The van der Waals surface area contributed by atoms with Crippen molar-refractivity contribution in [2.75, 3.05) is 7.11 Å². The van der Waals surface area contributed by atoms with E-state index >= 15 is 4.39 Å². The summed E-state index contributed by atoms with van der Waals surface area (Å²) in [7, 11) is 1.27. The van der Waals surface area contributed by atoms with Crippen molar-refractivity contribution in [1.82, 2.24) is 19.9 Å². The average molecular weight is 493 g/mol. The van der Waals surface area contributed by atoms with Gasteiger partial charge >= 0.3 is 12.1 Å². The van der Waals surface area contributed by atoms with Gasteiger partial charge in [0.05, 0.1) is 29.9 Å². The number of nitrogens with zero attached hydrogens (tertiary/aromatic N) is 2. The summed E-state index contributed by atoms with van der Waals surface area (Å²) in [6.07, 6.45) is 1.40. The van der Waals surface area contributed by atoms with E-state index in [0.717, 1.165) is 35.0 Å². The van der Waals surface area contributed by atoms with Gasteiger partial charge < -0.3 is 24.3 Å². The minimum Gasteiger partial charge on any atom is -0.465 e. The molecule has 0 aliphatic heterocycles. The zero-order valence-electron chi connectivity index (χ0n) is 20.9. The molecule has 1 fully saturated rings. The number of ether oxygens (including phenoxy) is 2. The summed E-state index contributed by atoms with van der Waals surface area (Å²) in [5.41, 5.74) is 2.86. The Morgan fingerprint density at radius 2 is 1.94 bits per heavy atom. The van der Waals surface area contributed by atoms with Gasteiger partial charge in [0.1, 0.15) is 16.9 Å². The molecule has 1 aliphatic rings. The largest absolute Gasteiger partial charge is 0.465 e. The lowest BCUT2D eigenvalue weighted by molar-refractivity contribution is 0.0507. The van der Waals surface area contributed by atoms with Crippen LogP contribution in [0.4, 0.5) is 9.18 Å². The molecule has 0 radical (unpaired) electrons. The highest BCUT2D eigenvalue weighted by Crippen LogP contribution is 2.42. The van der Waals surface area contributed by atoms with Crippen molar-refractivity contribution < 1.29 is 23.5 Å². The first-order chi connectivity index (χ1) is 17.0. The van der Waals surface area contributed by atoms with Crippen molar-refractivity contribution >= 4 is 34.0 Å². The molecule has 5 rings (SSSR count). The van der Waals surface area contributed by atoms with E-state index in [1.807, 2.05) is 56.5 Å². The highest BCUT2D eigenvalue weighted by Gasteiger charge is 2.31. The van der Waals surface area contributed by atoms with E-state index in [1.54, 1.807) is 6.07 Å². The number of carbonyl (C=O) groups is 2. The van der Waals surface area contributed by atoms with E-state index in [0.29, 0.717) is 16.9 Å². The molecule has 2 N–H and O–H groups in total. The zero-order chi connectivity index (χ0) is 25.8. The topological polar surface area (TPSA) is 98.2 Å². The monoisotopic (exact) mass is 492 g/mol. The number of carbonyl (C=O) groups excluding carboxylic acids is 2.